The second kappa shape index (κ2) is 3.16. The van der Waals surface area contributed by atoms with E-state index in [0.29, 0.717) is 0 Å². The van der Waals surface area contributed by atoms with Crippen LogP contribution in [0.5, 0.6) is 0 Å². The molecule has 0 aliphatic rings. The average Bonchev–Trinajstić information content (AvgIpc) is 2.35. The first-order valence-corrected chi connectivity index (χ1v) is 2.98. The Bertz CT molecular complexity index is 231. The van der Waals surface area contributed by atoms with Gasteiger partial charge in [-0.25, -0.2) is 4.98 Å². The molecule has 1 aromatic rings. The maximum atomic E-state index is 10.1. The largest absolute Gasteiger partial charge is 0.481 e. The molecule has 60 valence electrons. The topological polar surface area (TPSA) is 83.6 Å². The third-order valence-electron chi connectivity index (χ3n) is 1.15. The van der Waals surface area contributed by atoms with Gasteiger partial charge >= 0.3 is 5.97 Å². The zero-order valence-electron chi connectivity index (χ0n) is 5.60. The van der Waals surface area contributed by atoms with Crippen LogP contribution in [0.15, 0.2) is 17.0 Å². The summed E-state index contributed by atoms with van der Waals surface area (Å²) in [6.45, 7) is 0. The van der Waals surface area contributed by atoms with Gasteiger partial charge in [0.1, 0.15) is 6.10 Å². The van der Waals surface area contributed by atoms with Gasteiger partial charge in [-0.15, -0.1) is 0 Å². The number of aliphatic hydroxyl groups excluding tert-OH is 1. The van der Waals surface area contributed by atoms with Gasteiger partial charge < -0.3 is 14.6 Å². The van der Waals surface area contributed by atoms with E-state index in [1.807, 2.05) is 0 Å². The number of rotatable bonds is 3. The van der Waals surface area contributed by atoms with Crippen molar-refractivity contribution in [3.8, 4) is 0 Å². The molecule has 0 radical (unpaired) electrons. The number of oxazole rings is 1. The molecule has 11 heavy (non-hydrogen) atoms. The summed E-state index contributed by atoms with van der Waals surface area (Å²) < 4.78 is 4.67. The van der Waals surface area contributed by atoms with Crippen molar-refractivity contribution in [1.29, 1.82) is 0 Å². The summed E-state index contributed by atoms with van der Waals surface area (Å²) in [7, 11) is 0. The number of aromatic nitrogens is 1. The van der Waals surface area contributed by atoms with Crippen molar-refractivity contribution >= 4 is 5.97 Å². The number of hydrogen-bond donors (Lipinski definition) is 2. The minimum atomic E-state index is -1.10. The first-order chi connectivity index (χ1) is 5.20. The van der Waals surface area contributed by atoms with Crippen molar-refractivity contribution < 1.29 is 19.4 Å². The van der Waals surface area contributed by atoms with E-state index >= 15 is 0 Å². The Balaban J connectivity index is 2.56. The highest BCUT2D eigenvalue weighted by Crippen LogP contribution is 2.14. The first kappa shape index (κ1) is 7.74. The summed E-state index contributed by atoms with van der Waals surface area (Å²) >= 11 is 0. The molecule has 5 nitrogen and oxygen atoms in total. The van der Waals surface area contributed by atoms with Crippen LogP contribution >= 0.6 is 0 Å². The van der Waals surface area contributed by atoms with Crippen LogP contribution in [0.2, 0.25) is 0 Å². The number of carboxylic acids is 1. The van der Waals surface area contributed by atoms with E-state index < -0.39 is 12.1 Å². The van der Waals surface area contributed by atoms with Crippen LogP contribution in [0, 0.1) is 0 Å². The van der Waals surface area contributed by atoms with Crippen LogP contribution in [0.4, 0.5) is 0 Å². The Morgan fingerprint density at radius 2 is 2.55 bits per heavy atom. The molecule has 0 unspecified atom stereocenters. The van der Waals surface area contributed by atoms with Crippen LogP contribution < -0.4 is 0 Å². The fraction of sp³-hybridized carbons (Fsp3) is 0.333. The molecule has 0 saturated heterocycles. The lowest BCUT2D eigenvalue weighted by Crippen LogP contribution is -2.04. The highest BCUT2D eigenvalue weighted by atomic mass is 16.4. The molecule has 0 amide bonds. The van der Waals surface area contributed by atoms with Gasteiger partial charge in [0.25, 0.3) is 0 Å². The Hall–Kier alpha value is -1.36. The predicted molar refractivity (Wildman–Crippen MR) is 33.7 cm³/mol. The lowest BCUT2D eigenvalue weighted by Gasteiger charge is -2.00. The molecule has 0 saturated carbocycles. The van der Waals surface area contributed by atoms with Crippen molar-refractivity contribution in [2.75, 3.05) is 0 Å². The number of aliphatic carboxylic acids is 1. The second-order valence-electron chi connectivity index (χ2n) is 2.02. The smallest absolute Gasteiger partial charge is 0.306 e. The molecule has 0 aliphatic carbocycles. The van der Waals surface area contributed by atoms with Crippen LogP contribution in [0.3, 0.4) is 0 Å². The Kier molecular flexibility index (Phi) is 2.22. The Morgan fingerprint density at radius 1 is 1.82 bits per heavy atom. The molecular weight excluding hydrogens is 150 g/mol. The molecule has 0 aliphatic heterocycles. The summed E-state index contributed by atoms with van der Waals surface area (Å²) in [5.41, 5.74) is 0. The zero-order valence-corrected chi connectivity index (χ0v) is 5.60. The second-order valence-corrected chi connectivity index (χ2v) is 2.02. The van der Waals surface area contributed by atoms with Crippen molar-refractivity contribution in [2.45, 2.75) is 12.5 Å². The highest BCUT2D eigenvalue weighted by molar-refractivity contribution is 5.67. The van der Waals surface area contributed by atoms with Crippen LogP contribution in [-0.4, -0.2) is 21.2 Å². The van der Waals surface area contributed by atoms with Crippen LogP contribution in [0.25, 0.3) is 0 Å². The monoisotopic (exact) mass is 157 g/mol. The minimum Gasteiger partial charge on any atom is -0.481 e. The Morgan fingerprint density at radius 3 is 3.00 bits per heavy atom. The van der Waals surface area contributed by atoms with Crippen molar-refractivity contribution in [2.24, 2.45) is 0 Å². The third kappa shape index (κ3) is 2.05. The Labute approximate surface area is 62.3 Å². The van der Waals surface area contributed by atoms with Crippen molar-refractivity contribution in [3.63, 3.8) is 0 Å². The molecular formula is C6H7NO4. The van der Waals surface area contributed by atoms with Crippen molar-refractivity contribution in [3.05, 3.63) is 18.4 Å². The average molecular weight is 157 g/mol. The quantitative estimate of drug-likeness (QED) is 0.653. The fourth-order valence-electron chi connectivity index (χ4n) is 0.656. The van der Waals surface area contributed by atoms with Gasteiger partial charge in [-0.2, -0.15) is 0 Å². The maximum absolute atomic E-state index is 10.1. The van der Waals surface area contributed by atoms with Gasteiger partial charge in [0.2, 0.25) is 0 Å². The van der Waals surface area contributed by atoms with E-state index in [-0.39, 0.29) is 12.2 Å². The third-order valence-corrected chi connectivity index (χ3v) is 1.15. The molecule has 0 fully saturated rings. The molecule has 1 heterocycles. The SMILES string of the molecule is O=C(O)C[C@@H](O)c1cnco1. The summed E-state index contributed by atoms with van der Waals surface area (Å²) in [5, 5.41) is 17.3. The molecule has 2 N–H and O–H groups in total. The summed E-state index contributed by atoms with van der Waals surface area (Å²) in [6.07, 6.45) is 0.957. The summed E-state index contributed by atoms with van der Waals surface area (Å²) in [4.78, 5) is 13.6. The predicted octanol–water partition coefficient (Wildman–Crippen LogP) is 0.183. The molecule has 1 rings (SSSR count). The van der Waals surface area contributed by atoms with Crippen LogP contribution in [-0.2, 0) is 4.79 Å². The standard InChI is InChI=1S/C6H7NO4/c8-4(1-6(9)10)5-2-7-3-11-5/h2-4,8H,1H2,(H,9,10)/t4-/m1/s1. The van der Waals surface area contributed by atoms with Gasteiger partial charge in [0.05, 0.1) is 12.6 Å². The highest BCUT2D eigenvalue weighted by Gasteiger charge is 2.14. The summed E-state index contributed by atoms with van der Waals surface area (Å²) in [5.74, 6) is -0.902. The zero-order chi connectivity index (χ0) is 8.27. The lowest BCUT2D eigenvalue weighted by molar-refractivity contribution is -0.139. The van der Waals surface area contributed by atoms with E-state index in [1.54, 1.807) is 0 Å². The minimum absolute atomic E-state index is 0.174. The van der Waals surface area contributed by atoms with E-state index in [1.165, 1.54) is 6.20 Å². The molecule has 0 spiro atoms. The van der Waals surface area contributed by atoms with Gasteiger partial charge in [-0.1, -0.05) is 0 Å². The van der Waals surface area contributed by atoms with Gasteiger partial charge in [0.15, 0.2) is 12.2 Å². The normalized spacial score (nSPS) is 12.8. The number of hydrogen-bond acceptors (Lipinski definition) is 4. The first-order valence-electron chi connectivity index (χ1n) is 2.98. The number of carbonyl (C=O) groups is 1. The molecule has 0 aromatic carbocycles. The molecule has 1 aromatic heterocycles. The fourth-order valence-corrected chi connectivity index (χ4v) is 0.656. The number of nitrogens with zero attached hydrogens (tertiary/aromatic N) is 1. The van der Waals surface area contributed by atoms with Gasteiger partial charge in [-0.05, 0) is 0 Å². The maximum Gasteiger partial charge on any atom is 0.306 e. The van der Waals surface area contributed by atoms with Crippen LogP contribution in [0.1, 0.15) is 18.3 Å². The number of aliphatic hydroxyl groups is 1. The van der Waals surface area contributed by atoms with E-state index in [4.69, 9.17) is 10.2 Å². The van der Waals surface area contributed by atoms with E-state index in [0.717, 1.165) is 6.39 Å². The van der Waals surface area contributed by atoms with Crippen molar-refractivity contribution in [1.82, 2.24) is 4.98 Å². The van der Waals surface area contributed by atoms with E-state index in [9.17, 15) is 4.79 Å². The van der Waals surface area contributed by atoms with Gasteiger partial charge in [-0.3, -0.25) is 4.79 Å². The summed E-state index contributed by atoms with van der Waals surface area (Å²) in [6, 6.07) is 0. The molecule has 5 heteroatoms. The molecule has 1 atom stereocenters. The number of carboxylic acid groups (broad SMARTS) is 1. The van der Waals surface area contributed by atoms with E-state index in [2.05, 4.69) is 9.40 Å². The molecule has 0 bridgehead atoms. The lowest BCUT2D eigenvalue weighted by atomic mass is 10.2. The van der Waals surface area contributed by atoms with Gasteiger partial charge in [0, 0.05) is 0 Å².